The summed E-state index contributed by atoms with van der Waals surface area (Å²) in [4.78, 5) is 0. The van der Waals surface area contributed by atoms with E-state index in [1.165, 1.54) is 24.8 Å². The van der Waals surface area contributed by atoms with Gasteiger partial charge >= 0.3 is 0 Å². The quantitative estimate of drug-likeness (QED) is 0.497. The first-order valence-electron chi connectivity index (χ1n) is 6.99. The van der Waals surface area contributed by atoms with Gasteiger partial charge in [0.05, 0.1) is 19.3 Å². The van der Waals surface area contributed by atoms with Crippen molar-refractivity contribution in [2.24, 2.45) is 11.8 Å². The normalized spacial score (nSPS) is 29.2. The molecule has 2 heteroatoms. The van der Waals surface area contributed by atoms with Crippen LogP contribution in [0.15, 0.2) is 12.2 Å². The fourth-order valence-corrected chi connectivity index (χ4v) is 2.58. The van der Waals surface area contributed by atoms with Crippen molar-refractivity contribution in [3.05, 3.63) is 12.2 Å². The molecule has 0 aliphatic heterocycles. The van der Waals surface area contributed by atoms with Crippen LogP contribution < -0.4 is 0 Å². The minimum Gasteiger partial charge on any atom is -0.379 e. The first kappa shape index (κ1) is 14.7. The number of hydrogen-bond acceptors (Lipinski definition) is 2. The van der Waals surface area contributed by atoms with Crippen molar-refractivity contribution < 1.29 is 9.47 Å². The van der Waals surface area contributed by atoms with E-state index in [-0.39, 0.29) is 0 Å². The zero-order valence-corrected chi connectivity index (χ0v) is 11.7. The van der Waals surface area contributed by atoms with Gasteiger partial charge in [0.15, 0.2) is 0 Å². The van der Waals surface area contributed by atoms with Gasteiger partial charge < -0.3 is 9.47 Å². The number of rotatable bonds is 7. The van der Waals surface area contributed by atoms with Gasteiger partial charge in [-0.15, -0.1) is 0 Å². The SMILES string of the molecule is C=C(C)C1CCC(C)CC1OCCOCCC. The Morgan fingerprint density at radius 3 is 2.65 bits per heavy atom. The molecule has 0 amide bonds. The van der Waals surface area contributed by atoms with E-state index in [0.29, 0.717) is 12.0 Å². The van der Waals surface area contributed by atoms with Crippen LogP contribution in [-0.2, 0) is 9.47 Å². The van der Waals surface area contributed by atoms with Crippen LogP contribution in [-0.4, -0.2) is 25.9 Å². The zero-order valence-electron chi connectivity index (χ0n) is 11.7. The van der Waals surface area contributed by atoms with Gasteiger partial charge in [-0.25, -0.2) is 0 Å². The summed E-state index contributed by atoms with van der Waals surface area (Å²) in [5, 5.41) is 0. The van der Waals surface area contributed by atoms with Crippen molar-refractivity contribution in [1.82, 2.24) is 0 Å². The van der Waals surface area contributed by atoms with Gasteiger partial charge in [-0.3, -0.25) is 0 Å². The fourth-order valence-electron chi connectivity index (χ4n) is 2.58. The van der Waals surface area contributed by atoms with E-state index in [2.05, 4.69) is 27.4 Å². The minimum absolute atomic E-state index is 0.362. The van der Waals surface area contributed by atoms with E-state index in [1.54, 1.807) is 0 Å². The summed E-state index contributed by atoms with van der Waals surface area (Å²) in [5.41, 5.74) is 1.27. The molecule has 3 atom stereocenters. The van der Waals surface area contributed by atoms with Crippen molar-refractivity contribution in [1.29, 1.82) is 0 Å². The molecule has 0 radical (unpaired) electrons. The third-order valence-electron chi connectivity index (χ3n) is 3.59. The maximum atomic E-state index is 5.99. The second-order valence-electron chi connectivity index (χ2n) is 5.39. The highest BCUT2D eigenvalue weighted by atomic mass is 16.5. The molecule has 0 saturated heterocycles. The van der Waals surface area contributed by atoms with E-state index in [0.717, 1.165) is 32.2 Å². The zero-order chi connectivity index (χ0) is 12.7. The molecule has 1 aliphatic rings. The van der Waals surface area contributed by atoms with Crippen LogP contribution in [0.25, 0.3) is 0 Å². The van der Waals surface area contributed by atoms with Gasteiger partial charge in [0.25, 0.3) is 0 Å². The lowest BCUT2D eigenvalue weighted by Crippen LogP contribution is -2.32. The van der Waals surface area contributed by atoms with Crippen molar-refractivity contribution in [2.75, 3.05) is 19.8 Å². The van der Waals surface area contributed by atoms with Crippen molar-refractivity contribution in [3.8, 4) is 0 Å². The van der Waals surface area contributed by atoms with Gasteiger partial charge in [0.1, 0.15) is 0 Å². The predicted molar refractivity (Wildman–Crippen MR) is 72.2 cm³/mol. The van der Waals surface area contributed by atoms with E-state index in [9.17, 15) is 0 Å². The maximum absolute atomic E-state index is 5.99. The van der Waals surface area contributed by atoms with Crippen LogP contribution in [0.3, 0.4) is 0 Å². The molecule has 1 aliphatic carbocycles. The van der Waals surface area contributed by atoms with Crippen LogP contribution in [0.4, 0.5) is 0 Å². The first-order valence-corrected chi connectivity index (χ1v) is 6.99. The Morgan fingerprint density at radius 2 is 2.00 bits per heavy atom. The minimum atomic E-state index is 0.362. The molecule has 0 aromatic rings. The molecule has 3 unspecified atom stereocenters. The Kier molecular flexibility index (Phi) is 6.83. The Balaban J connectivity index is 2.28. The van der Waals surface area contributed by atoms with Gasteiger partial charge in [-0.1, -0.05) is 26.0 Å². The molecule has 1 saturated carbocycles. The average Bonchev–Trinajstić information content (AvgIpc) is 2.28. The first-order chi connectivity index (χ1) is 8.15. The highest BCUT2D eigenvalue weighted by molar-refractivity contribution is 5.02. The maximum Gasteiger partial charge on any atom is 0.0704 e. The second-order valence-corrected chi connectivity index (χ2v) is 5.39. The second kappa shape index (κ2) is 7.88. The molecular weight excluding hydrogens is 212 g/mol. The van der Waals surface area contributed by atoms with Crippen molar-refractivity contribution >= 4 is 0 Å². The Bertz CT molecular complexity index is 225. The van der Waals surface area contributed by atoms with E-state index in [4.69, 9.17) is 9.47 Å². The van der Waals surface area contributed by atoms with Crippen LogP contribution in [0.5, 0.6) is 0 Å². The van der Waals surface area contributed by atoms with Crippen LogP contribution >= 0.6 is 0 Å². The highest BCUT2D eigenvalue weighted by Gasteiger charge is 2.29. The van der Waals surface area contributed by atoms with Crippen LogP contribution in [0.1, 0.15) is 46.5 Å². The molecule has 2 nitrogen and oxygen atoms in total. The van der Waals surface area contributed by atoms with Gasteiger partial charge in [-0.2, -0.15) is 0 Å². The molecule has 0 aromatic heterocycles. The Morgan fingerprint density at radius 1 is 1.24 bits per heavy atom. The lowest BCUT2D eigenvalue weighted by molar-refractivity contribution is -0.0383. The molecule has 0 N–H and O–H groups in total. The molecular formula is C15H28O2. The Hall–Kier alpha value is -0.340. The highest BCUT2D eigenvalue weighted by Crippen LogP contribution is 2.34. The van der Waals surface area contributed by atoms with Crippen molar-refractivity contribution in [3.63, 3.8) is 0 Å². The topological polar surface area (TPSA) is 18.5 Å². The monoisotopic (exact) mass is 240 g/mol. The van der Waals surface area contributed by atoms with Crippen molar-refractivity contribution in [2.45, 2.75) is 52.6 Å². The Labute approximate surface area is 106 Å². The fraction of sp³-hybridized carbons (Fsp3) is 0.867. The smallest absolute Gasteiger partial charge is 0.0704 e. The number of hydrogen-bond donors (Lipinski definition) is 0. The third-order valence-corrected chi connectivity index (χ3v) is 3.59. The summed E-state index contributed by atoms with van der Waals surface area (Å²) in [6.07, 6.45) is 5.16. The van der Waals surface area contributed by atoms with E-state index in [1.807, 2.05) is 0 Å². The van der Waals surface area contributed by atoms with Crippen LogP contribution in [0, 0.1) is 11.8 Å². The van der Waals surface area contributed by atoms with E-state index >= 15 is 0 Å². The molecule has 0 heterocycles. The molecule has 100 valence electrons. The molecule has 17 heavy (non-hydrogen) atoms. The van der Waals surface area contributed by atoms with Gasteiger partial charge in [0.2, 0.25) is 0 Å². The molecule has 0 spiro atoms. The lowest BCUT2D eigenvalue weighted by atomic mass is 9.78. The predicted octanol–water partition coefficient (Wildman–Crippen LogP) is 3.81. The summed E-state index contributed by atoms with van der Waals surface area (Å²) >= 11 is 0. The number of ether oxygens (including phenoxy) is 2. The van der Waals surface area contributed by atoms with Gasteiger partial charge in [0, 0.05) is 12.5 Å². The van der Waals surface area contributed by atoms with Crippen LogP contribution in [0.2, 0.25) is 0 Å². The molecule has 0 bridgehead atoms. The summed E-state index contributed by atoms with van der Waals surface area (Å²) in [6.45, 7) is 13.0. The summed E-state index contributed by atoms with van der Waals surface area (Å²) in [7, 11) is 0. The standard InChI is InChI=1S/C15H28O2/c1-5-8-16-9-10-17-15-11-13(4)6-7-14(15)12(2)3/h13-15H,2,5-11H2,1,3-4H3. The van der Waals surface area contributed by atoms with Gasteiger partial charge in [-0.05, 0) is 38.5 Å². The third kappa shape index (κ3) is 5.22. The summed E-state index contributed by atoms with van der Waals surface area (Å²) in [5.74, 6) is 1.34. The molecule has 1 fully saturated rings. The lowest BCUT2D eigenvalue weighted by Gasteiger charge is -2.35. The molecule has 0 aromatic carbocycles. The molecule has 1 rings (SSSR count). The summed E-state index contributed by atoms with van der Waals surface area (Å²) in [6, 6.07) is 0. The van der Waals surface area contributed by atoms with E-state index < -0.39 is 0 Å². The average molecular weight is 240 g/mol. The largest absolute Gasteiger partial charge is 0.379 e. The summed E-state index contributed by atoms with van der Waals surface area (Å²) < 4.78 is 11.4.